The summed E-state index contributed by atoms with van der Waals surface area (Å²) in [5.41, 5.74) is 4.60. The molecule has 25 heavy (non-hydrogen) atoms. The first kappa shape index (κ1) is 17.2. The highest BCUT2D eigenvalue weighted by molar-refractivity contribution is 5.74. The van der Waals surface area contributed by atoms with Gasteiger partial charge in [0.15, 0.2) is 0 Å². The molecule has 2 aromatic carbocycles. The highest BCUT2D eigenvalue weighted by Gasteiger charge is 2.17. The van der Waals surface area contributed by atoms with E-state index >= 15 is 0 Å². The van der Waals surface area contributed by atoms with E-state index < -0.39 is 0 Å². The molecule has 1 heterocycles. The molecule has 128 valence electrons. The van der Waals surface area contributed by atoms with Crippen molar-refractivity contribution in [2.45, 2.75) is 26.4 Å². The van der Waals surface area contributed by atoms with Crippen molar-refractivity contribution in [3.8, 4) is 22.4 Å². The topological polar surface area (TPSA) is 33.1 Å². The molecule has 1 N–H and O–H groups in total. The van der Waals surface area contributed by atoms with Crippen molar-refractivity contribution in [1.82, 2.24) is 4.98 Å². The van der Waals surface area contributed by atoms with Gasteiger partial charge in [-0.2, -0.15) is 0 Å². The van der Waals surface area contributed by atoms with E-state index in [0.29, 0.717) is 5.69 Å². The van der Waals surface area contributed by atoms with Crippen molar-refractivity contribution in [3.63, 3.8) is 0 Å². The van der Waals surface area contributed by atoms with Gasteiger partial charge in [-0.3, -0.25) is 4.98 Å². The monoisotopic (exact) mass is 339 g/mol. The number of pyridine rings is 1. The van der Waals surface area contributed by atoms with E-state index in [1.807, 2.05) is 19.9 Å². The van der Waals surface area contributed by atoms with E-state index in [1.165, 1.54) is 24.3 Å². The molecule has 0 radical (unpaired) electrons. The molecule has 0 saturated heterocycles. The number of aromatic nitrogens is 1. The standard InChI is InChI=1S/C21H19F2NO/c1-13(2)21-19(12-25)18(14-3-7-16(22)8-4-14)11-20(24-21)15-5-9-17(23)10-6-15/h3-11,13,25H,12H2,1-2H3. The SMILES string of the molecule is CC(C)c1nc(-c2ccc(F)cc2)cc(-c2ccc(F)cc2)c1CO. The Morgan fingerprint density at radius 3 is 1.88 bits per heavy atom. The third-order valence-electron chi connectivity index (χ3n) is 4.16. The van der Waals surface area contributed by atoms with Gasteiger partial charge in [-0.1, -0.05) is 26.0 Å². The minimum Gasteiger partial charge on any atom is -0.392 e. The van der Waals surface area contributed by atoms with Crippen LogP contribution in [-0.2, 0) is 6.61 Å². The molecule has 0 atom stereocenters. The lowest BCUT2D eigenvalue weighted by molar-refractivity contribution is 0.280. The van der Waals surface area contributed by atoms with Crippen LogP contribution < -0.4 is 0 Å². The average Bonchev–Trinajstić information content (AvgIpc) is 2.62. The van der Waals surface area contributed by atoms with Crippen LogP contribution in [0.1, 0.15) is 31.0 Å². The van der Waals surface area contributed by atoms with Crippen LogP contribution in [0.5, 0.6) is 0 Å². The number of benzene rings is 2. The fourth-order valence-electron chi connectivity index (χ4n) is 2.89. The van der Waals surface area contributed by atoms with Crippen LogP contribution in [-0.4, -0.2) is 10.1 Å². The lowest BCUT2D eigenvalue weighted by Crippen LogP contribution is -2.04. The Kier molecular flexibility index (Phi) is 4.91. The van der Waals surface area contributed by atoms with Crippen molar-refractivity contribution >= 4 is 0 Å². The van der Waals surface area contributed by atoms with Gasteiger partial charge in [-0.25, -0.2) is 8.78 Å². The minimum absolute atomic E-state index is 0.0988. The molecule has 1 aromatic heterocycles. The molecule has 0 unspecified atom stereocenters. The number of aliphatic hydroxyl groups is 1. The smallest absolute Gasteiger partial charge is 0.123 e. The number of nitrogens with zero attached hydrogens (tertiary/aromatic N) is 1. The Balaban J connectivity index is 2.24. The van der Waals surface area contributed by atoms with E-state index in [9.17, 15) is 13.9 Å². The predicted octanol–water partition coefficient (Wildman–Crippen LogP) is 5.31. The molecule has 4 heteroatoms. The van der Waals surface area contributed by atoms with Gasteiger partial charge in [0.1, 0.15) is 11.6 Å². The Bertz CT molecular complexity index is 872. The molecule has 0 aliphatic carbocycles. The molecule has 3 aromatic rings. The summed E-state index contributed by atoms with van der Waals surface area (Å²) in [6.07, 6.45) is 0. The van der Waals surface area contributed by atoms with Crippen LogP contribution >= 0.6 is 0 Å². The van der Waals surface area contributed by atoms with Gasteiger partial charge < -0.3 is 5.11 Å². The Morgan fingerprint density at radius 2 is 1.40 bits per heavy atom. The maximum absolute atomic E-state index is 13.3. The van der Waals surface area contributed by atoms with Gasteiger partial charge in [0, 0.05) is 16.8 Å². The summed E-state index contributed by atoms with van der Waals surface area (Å²) in [6.45, 7) is 3.85. The molecule has 0 bridgehead atoms. The maximum Gasteiger partial charge on any atom is 0.123 e. The van der Waals surface area contributed by atoms with Gasteiger partial charge in [0.2, 0.25) is 0 Å². The first-order valence-corrected chi connectivity index (χ1v) is 8.16. The highest BCUT2D eigenvalue weighted by Crippen LogP contribution is 2.33. The van der Waals surface area contributed by atoms with Crippen LogP contribution in [0.2, 0.25) is 0 Å². The zero-order valence-electron chi connectivity index (χ0n) is 14.1. The van der Waals surface area contributed by atoms with E-state index in [0.717, 1.165) is 27.9 Å². The lowest BCUT2D eigenvalue weighted by atomic mass is 9.93. The van der Waals surface area contributed by atoms with Crippen molar-refractivity contribution in [3.05, 3.63) is 77.5 Å². The Hall–Kier alpha value is -2.59. The lowest BCUT2D eigenvalue weighted by Gasteiger charge is -2.17. The predicted molar refractivity (Wildman–Crippen MR) is 95.0 cm³/mol. The summed E-state index contributed by atoms with van der Waals surface area (Å²) in [7, 11) is 0. The van der Waals surface area contributed by atoms with Crippen molar-refractivity contribution < 1.29 is 13.9 Å². The molecule has 3 rings (SSSR count). The highest BCUT2D eigenvalue weighted by atomic mass is 19.1. The molecule has 0 amide bonds. The Labute approximate surface area is 145 Å². The van der Waals surface area contributed by atoms with Crippen LogP contribution in [0, 0.1) is 11.6 Å². The average molecular weight is 339 g/mol. The summed E-state index contributed by atoms with van der Waals surface area (Å²) in [5, 5.41) is 9.90. The van der Waals surface area contributed by atoms with E-state index in [2.05, 4.69) is 0 Å². The summed E-state index contributed by atoms with van der Waals surface area (Å²) in [5.74, 6) is -0.522. The quantitative estimate of drug-likeness (QED) is 0.699. The summed E-state index contributed by atoms with van der Waals surface area (Å²) in [6, 6.07) is 14.1. The maximum atomic E-state index is 13.3. The van der Waals surface area contributed by atoms with Crippen LogP contribution in [0.3, 0.4) is 0 Å². The molecule has 0 saturated carbocycles. The van der Waals surface area contributed by atoms with Crippen molar-refractivity contribution in [2.75, 3.05) is 0 Å². The summed E-state index contributed by atoms with van der Waals surface area (Å²) >= 11 is 0. The molecule has 0 aliphatic heterocycles. The van der Waals surface area contributed by atoms with E-state index in [4.69, 9.17) is 4.98 Å². The summed E-state index contributed by atoms with van der Waals surface area (Å²) in [4.78, 5) is 4.69. The molecular weight excluding hydrogens is 320 g/mol. The second kappa shape index (κ2) is 7.11. The van der Waals surface area contributed by atoms with Crippen molar-refractivity contribution in [1.29, 1.82) is 0 Å². The van der Waals surface area contributed by atoms with E-state index in [1.54, 1.807) is 24.3 Å². The largest absolute Gasteiger partial charge is 0.392 e. The van der Waals surface area contributed by atoms with Gasteiger partial charge in [0.05, 0.1) is 12.3 Å². The summed E-state index contributed by atoms with van der Waals surface area (Å²) < 4.78 is 26.5. The second-order valence-electron chi connectivity index (χ2n) is 6.25. The first-order chi connectivity index (χ1) is 12.0. The minimum atomic E-state index is -0.314. The molecule has 0 fully saturated rings. The number of halogens is 2. The van der Waals surface area contributed by atoms with Gasteiger partial charge in [-0.15, -0.1) is 0 Å². The fourth-order valence-corrected chi connectivity index (χ4v) is 2.89. The molecular formula is C21H19F2NO. The molecule has 0 spiro atoms. The van der Waals surface area contributed by atoms with Gasteiger partial charge in [-0.05, 0) is 59.5 Å². The fraction of sp³-hybridized carbons (Fsp3) is 0.190. The normalized spacial score (nSPS) is 11.1. The van der Waals surface area contributed by atoms with Crippen molar-refractivity contribution in [2.24, 2.45) is 0 Å². The molecule has 0 aliphatic rings. The van der Waals surface area contributed by atoms with Crippen LogP contribution in [0.25, 0.3) is 22.4 Å². The number of aliphatic hydroxyl groups excluding tert-OH is 1. The van der Waals surface area contributed by atoms with Crippen LogP contribution in [0.15, 0.2) is 54.6 Å². The number of hydrogen-bond acceptors (Lipinski definition) is 2. The van der Waals surface area contributed by atoms with Gasteiger partial charge >= 0.3 is 0 Å². The van der Waals surface area contributed by atoms with Crippen LogP contribution in [0.4, 0.5) is 8.78 Å². The Morgan fingerprint density at radius 1 is 0.880 bits per heavy atom. The first-order valence-electron chi connectivity index (χ1n) is 8.16. The van der Waals surface area contributed by atoms with E-state index in [-0.39, 0.29) is 24.2 Å². The number of rotatable bonds is 4. The third kappa shape index (κ3) is 3.59. The third-order valence-corrected chi connectivity index (χ3v) is 4.16. The van der Waals surface area contributed by atoms with Gasteiger partial charge in [0.25, 0.3) is 0 Å². The molecule has 2 nitrogen and oxygen atoms in total. The number of hydrogen-bond donors (Lipinski definition) is 1. The zero-order valence-corrected chi connectivity index (χ0v) is 14.1. The zero-order chi connectivity index (χ0) is 18.0. The second-order valence-corrected chi connectivity index (χ2v) is 6.25.